The molecule has 0 atom stereocenters. The monoisotopic (exact) mass is 378 g/mol. The molecule has 0 bridgehead atoms. The lowest BCUT2D eigenvalue weighted by molar-refractivity contribution is 0.102. The number of carbonyl (C=O) groups is 1. The third kappa shape index (κ3) is 3.97. The van der Waals surface area contributed by atoms with Gasteiger partial charge in [-0.2, -0.15) is 24.5 Å². The van der Waals surface area contributed by atoms with Gasteiger partial charge in [0.15, 0.2) is 5.78 Å². The molecule has 0 saturated carbocycles. The van der Waals surface area contributed by atoms with Gasteiger partial charge in [-0.1, -0.05) is 15.9 Å². The number of thioether (sulfide) groups is 1. The number of rotatable bonds is 5. The largest absolute Gasteiger partial charge is 0.301 e. The third-order valence-corrected chi connectivity index (χ3v) is 5.88. The smallest absolute Gasteiger partial charge is 0.293 e. The standard InChI is InChI=1S/C12H15BrN2O3S2/c13-9-12(16)10-1-3-11(4-2-10)14-20(17,18)15-5-7-19-8-6-15/h1-4,14H,5-9H2. The Morgan fingerprint density at radius 1 is 1.25 bits per heavy atom. The number of carbonyl (C=O) groups excluding carboxylic acids is 1. The summed E-state index contributed by atoms with van der Waals surface area (Å²) in [6.07, 6.45) is 0. The summed E-state index contributed by atoms with van der Waals surface area (Å²) in [4.78, 5) is 11.5. The summed E-state index contributed by atoms with van der Waals surface area (Å²) in [6, 6.07) is 6.44. The van der Waals surface area contributed by atoms with Crippen LogP contribution in [0.3, 0.4) is 0 Å². The zero-order chi connectivity index (χ0) is 14.6. The van der Waals surface area contributed by atoms with E-state index < -0.39 is 10.2 Å². The minimum atomic E-state index is -3.50. The molecule has 0 spiro atoms. The molecule has 0 unspecified atom stereocenters. The molecule has 0 radical (unpaired) electrons. The Balaban J connectivity index is 2.07. The molecule has 1 aliphatic heterocycles. The molecule has 1 aliphatic rings. The predicted molar refractivity (Wildman–Crippen MR) is 86.0 cm³/mol. The van der Waals surface area contributed by atoms with Crippen LogP contribution in [0.2, 0.25) is 0 Å². The number of nitrogens with zero attached hydrogens (tertiary/aromatic N) is 1. The summed E-state index contributed by atoms with van der Waals surface area (Å²) < 4.78 is 28.3. The van der Waals surface area contributed by atoms with E-state index in [4.69, 9.17) is 0 Å². The van der Waals surface area contributed by atoms with Crippen molar-refractivity contribution in [3.8, 4) is 0 Å². The fourth-order valence-corrected chi connectivity index (χ4v) is 4.49. The summed E-state index contributed by atoms with van der Waals surface area (Å²) in [5.41, 5.74) is 1.02. The molecule has 0 amide bonds. The van der Waals surface area contributed by atoms with Gasteiger partial charge < -0.3 is 0 Å². The lowest BCUT2D eigenvalue weighted by Gasteiger charge is -2.25. The number of hydrogen-bond acceptors (Lipinski definition) is 4. The van der Waals surface area contributed by atoms with Crippen molar-refractivity contribution in [1.82, 2.24) is 4.31 Å². The molecule has 1 heterocycles. The minimum absolute atomic E-state index is 0.0348. The topological polar surface area (TPSA) is 66.5 Å². The highest BCUT2D eigenvalue weighted by Crippen LogP contribution is 2.17. The third-order valence-electron chi connectivity index (χ3n) is 2.89. The number of anilines is 1. The molecule has 1 aromatic carbocycles. The van der Waals surface area contributed by atoms with Gasteiger partial charge in [-0.05, 0) is 24.3 Å². The van der Waals surface area contributed by atoms with Crippen LogP contribution in [0, 0.1) is 0 Å². The van der Waals surface area contributed by atoms with Crippen LogP contribution in [0.25, 0.3) is 0 Å². The molecule has 1 aromatic rings. The molecule has 1 fully saturated rings. The molecule has 1 N–H and O–H groups in total. The highest BCUT2D eigenvalue weighted by Gasteiger charge is 2.23. The van der Waals surface area contributed by atoms with E-state index in [1.54, 1.807) is 36.0 Å². The summed E-state index contributed by atoms with van der Waals surface area (Å²) in [7, 11) is -3.50. The van der Waals surface area contributed by atoms with Crippen molar-refractivity contribution in [1.29, 1.82) is 0 Å². The van der Waals surface area contributed by atoms with E-state index in [1.807, 2.05) is 0 Å². The number of Topliss-reactive ketones (excluding diaryl/α,β-unsaturated/α-hetero) is 1. The van der Waals surface area contributed by atoms with E-state index in [-0.39, 0.29) is 11.1 Å². The summed E-state index contributed by atoms with van der Waals surface area (Å²) in [5.74, 6) is 1.60. The van der Waals surface area contributed by atoms with E-state index >= 15 is 0 Å². The Hall–Kier alpha value is -0.570. The molecule has 1 saturated heterocycles. The van der Waals surface area contributed by atoms with Crippen molar-refractivity contribution in [2.24, 2.45) is 0 Å². The highest BCUT2D eigenvalue weighted by atomic mass is 79.9. The highest BCUT2D eigenvalue weighted by molar-refractivity contribution is 9.09. The first kappa shape index (κ1) is 15.8. The second kappa shape index (κ2) is 6.93. The van der Waals surface area contributed by atoms with E-state index in [9.17, 15) is 13.2 Å². The summed E-state index contributed by atoms with van der Waals surface area (Å²) in [6.45, 7) is 1.06. The molecule has 2 rings (SSSR count). The van der Waals surface area contributed by atoms with Crippen LogP contribution in [0.15, 0.2) is 24.3 Å². The molecule has 20 heavy (non-hydrogen) atoms. The molecule has 0 aromatic heterocycles. The Morgan fingerprint density at radius 3 is 2.40 bits per heavy atom. The lowest BCUT2D eigenvalue weighted by Crippen LogP contribution is -2.41. The zero-order valence-electron chi connectivity index (χ0n) is 10.7. The quantitative estimate of drug-likeness (QED) is 0.628. The SMILES string of the molecule is O=C(CBr)c1ccc(NS(=O)(=O)N2CCSCC2)cc1. The molecule has 5 nitrogen and oxygen atoms in total. The van der Waals surface area contributed by atoms with Gasteiger partial charge in [-0.3, -0.25) is 9.52 Å². The Morgan fingerprint density at radius 2 is 1.85 bits per heavy atom. The number of nitrogens with one attached hydrogen (secondary N) is 1. The van der Waals surface area contributed by atoms with Crippen LogP contribution >= 0.6 is 27.7 Å². The molecule has 8 heteroatoms. The van der Waals surface area contributed by atoms with Crippen LogP contribution in [-0.2, 0) is 10.2 Å². The van der Waals surface area contributed by atoms with Gasteiger partial charge >= 0.3 is 10.2 Å². The fraction of sp³-hybridized carbons (Fsp3) is 0.417. The van der Waals surface area contributed by atoms with Crippen molar-refractivity contribution < 1.29 is 13.2 Å². The van der Waals surface area contributed by atoms with Crippen molar-refractivity contribution in [3.05, 3.63) is 29.8 Å². The number of benzene rings is 1. The number of alkyl halides is 1. The Labute approximate surface area is 131 Å². The van der Waals surface area contributed by atoms with E-state index in [2.05, 4.69) is 20.7 Å². The van der Waals surface area contributed by atoms with Crippen molar-refractivity contribution >= 4 is 49.4 Å². The fourth-order valence-electron chi connectivity index (χ4n) is 1.80. The van der Waals surface area contributed by atoms with Crippen LogP contribution in [0.5, 0.6) is 0 Å². The summed E-state index contributed by atoms with van der Waals surface area (Å²) in [5, 5.41) is 0.253. The minimum Gasteiger partial charge on any atom is -0.293 e. The average molecular weight is 379 g/mol. The zero-order valence-corrected chi connectivity index (χ0v) is 13.9. The first-order valence-electron chi connectivity index (χ1n) is 6.08. The molecular formula is C12H15BrN2O3S2. The van der Waals surface area contributed by atoms with Crippen LogP contribution in [0.4, 0.5) is 5.69 Å². The maximum atomic E-state index is 12.2. The predicted octanol–water partition coefficient (Wildman–Crippen LogP) is 1.97. The van der Waals surface area contributed by atoms with Gasteiger partial charge in [0.05, 0.1) is 5.33 Å². The van der Waals surface area contributed by atoms with E-state index in [0.717, 1.165) is 11.5 Å². The first-order valence-corrected chi connectivity index (χ1v) is 9.79. The number of hydrogen-bond donors (Lipinski definition) is 1. The second-order valence-electron chi connectivity index (χ2n) is 4.25. The maximum absolute atomic E-state index is 12.2. The van der Waals surface area contributed by atoms with Gasteiger partial charge in [-0.25, -0.2) is 0 Å². The van der Waals surface area contributed by atoms with Gasteiger partial charge in [0, 0.05) is 35.8 Å². The Kier molecular flexibility index (Phi) is 5.48. The Bertz CT molecular complexity index is 569. The van der Waals surface area contributed by atoms with Gasteiger partial charge in [0.2, 0.25) is 0 Å². The van der Waals surface area contributed by atoms with Gasteiger partial charge in [-0.15, -0.1) is 0 Å². The van der Waals surface area contributed by atoms with E-state index in [0.29, 0.717) is 24.3 Å². The van der Waals surface area contributed by atoms with Crippen molar-refractivity contribution in [2.75, 3.05) is 34.6 Å². The first-order chi connectivity index (χ1) is 9.53. The van der Waals surface area contributed by atoms with Crippen molar-refractivity contribution in [3.63, 3.8) is 0 Å². The van der Waals surface area contributed by atoms with Gasteiger partial charge in [0.25, 0.3) is 0 Å². The lowest BCUT2D eigenvalue weighted by atomic mass is 10.1. The van der Waals surface area contributed by atoms with Crippen LogP contribution in [-0.4, -0.2) is 48.4 Å². The summed E-state index contributed by atoms with van der Waals surface area (Å²) >= 11 is 4.85. The van der Waals surface area contributed by atoms with Crippen LogP contribution < -0.4 is 4.72 Å². The average Bonchev–Trinajstić information content (AvgIpc) is 2.48. The number of ketones is 1. The number of halogens is 1. The molecule has 0 aliphatic carbocycles. The van der Waals surface area contributed by atoms with Crippen molar-refractivity contribution in [2.45, 2.75) is 0 Å². The normalized spacial score (nSPS) is 16.9. The maximum Gasteiger partial charge on any atom is 0.301 e. The van der Waals surface area contributed by atoms with Crippen LogP contribution in [0.1, 0.15) is 10.4 Å². The molecule has 110 valence electrons. The molecular weight excluding hydrogens is 364 g/mol. The van der Waals surface area contributed by atoms with Gasteiger partial charge in [0.1, 0.15) is 0 Å². The second-order valence-corrected chi connectivity index (χ2v) is 7.71. The van der Waals surface area contributed by atoms with E-state index in [1.165, 1.54) is 4.31 Å².